The number of hydrogen-bond donors (Lipinski definition) is 1. The summed E-state index contributed by atoms with van der Waals surface area (Å²) in [6.45, 7) is 1.61. The molecular formula is C10H10N4O4S. The zero-order valence-electron chi connectivity index (χ0n) is 10.1. The van der Waals surface area contributed by atoms with Gasteiger partial charge in [-0.25, -0.2) is 27.9 Å². The Morgan fingerprint density at radius 3 is 2.58 bits per heavy atom. The van der Waals surface area contributed by atoms with Gasteiger partial charge in [0.1, 0.15) is 4.90 Å². The highest BCUT2D eigenvalue weighted by atomic mass is 32.2. The molecule has 0 aromatic carbocycles. The van der Waals surface area contributed by atoms with Crippen molar-refractivity contribution in [1.82, 2.24) is 19.7 Å². The maximum Gasteiger partial charge on any atom is 0.354 e. The first kappa shape index (κ1) is 13.1. The molecule has 0 aliphatic carbocycles. The fraction of sp³-hybridized carbons (Fsp3) is 0.200. The molecule has 0 fully saturated rings. The van der Waals surface area contributed by atoms with E-state index in [1.165, 1.54) is 12.3 Å². The van der Waals surface area contributed by atoms with Crippen LogP contribution in [0.15, 0.2) is 23.4 Å². The third kappa shape index (κ3) is 2.76. The Balaban J connectivity index is 2.53. The lowest BCUT2D eigenvalue weighted by molar-refractivity contribution is 0.0690. The number of sulfone groups is 1. The standard InChI is InChI=1S/C10H10N4O4S/c1-6-3-8(9(15)16)13-10(12-6)14-5-7(4-11-14)19(2,17)18/h3-5H,1-2H3,(H,15,16). The Bertz CT molecular complexity index is 751. The van der Waals surface area contributed by atoms with Gasteiger partial charge >= 0.3 is 5.97 Å². The lowest BCUT2D eigenvalue weighted by atomic mass is 10.3. The van der Waals surface area contributed by atoms with E-state index in [1.807, 2.05) is 0 Å². The van der Waals surface area contributed by atoms with Crippen LogP contribution >= 0.6 is 0 Å². The number of hydrogen-bond acceptors (Lipinski definition) is 6. The van der Waals surface area contributed by atoms with Crippen LogP contribution in [0.5, 0.6) is 0 Å². The van der Waals surface area contributed by atoms with Gasteiger partial charge in [-0.1, -0.05) is 0 Å². The Morgan fingerprint density at radius 2 is 2.05 bits per heavy atom. The van der Waals surface area contributed by atoms with Crippen molar-refractivity contribution >= 4 is 15.8 Å². The van der Waals surface area contributed by atoms with Crippen LogP contribution in [0.3, 0.4) is 0 Å². The van der Waals surface area contributed by atoms with Crippen LogP contribution < -0.4 is 0 Å². The van der Waals surface area contributed by atoms with Gasteiger partial charge in [-0.15, -0.1) is 0 Å². The van der Waals surface area contributed by atoms with Gasteiger partial charge in [-0.2, -0.15) is 5.10 Å². The van der Waals surface area contributed by atoms with Crippen LogP contribution in [0.4, 0.5) is 0 Å². The topological polar surface area (TPSA) is 115 Å². The van der Waals surface area contributed by atoms with E-state index in [4.69, 9.17) is 5.11 Å². The number of carboxylic acids is 1. The molecule has 2 heterocycles. The number of aromatic carboxylic acids is 1. The smallest absolute Gasteiger partial charge is 0.354 e. The van der Waals surface area contributed by atoms with Gasteiger partial charge in [0, 0.05) is 11.9 Å². The van der Waals surface area contributed by atoms with E-state index in [0.29, 0.717) is 5.69 Å². The van der Waals surface area contributed by atoms with Crippen molar-refractivity contribution in [1.29, 1.82) is 0 Å². The van der Waals surface area contributed by atoms with Crippen molar-refractivity contribution in [2.45, 2.75) is 11.8 Å². The molecule has 2 rings (SSSR count). The van der Waals surface area contributed by atoms with Crippen LogP contribution in [-0.4, -0.2) is 45.5 Å². The van der Waals surface area contributed by atoms with Crippen molar-refractivity contribution in [3.63, 3.8) is 0 Å². The normalized spacial score (nSPS) is 11.5. The van der Waals surface area contributed by atoms with Crippen molar-refractivity contribution in [3.05, 3.63) is 29.8 Å². The van der Waals surface area contributed by atoms with Crippen molar-refractivity contribution in [2.75, 3.05) is 6.26 Å². The minimum absolute atomic E-state index is 0.00676. The maximum atomic E-state index is 11.3. The summed E-state index contributed by atoms with van der Waals surface area (Å²) in [6.07, 6.45) is 3.44. The minimum Gasteiger partial charge on any atom is -0.477 e. The summed E-state index contributed by atoms with van der Waals surface area (Å²) in [5, 5.41) is 12.7. The molecule has 2 aromatic rings. The van der Waals surface area contributed by atoms with Crippen LogP contribution in [0.1, 0.15) is 16.2 Å². The summed E-state index contributed by atoms with van der Waals surface area (Å²) in [5.41, 5.74) is 0.262. The van der Waals surface area contributed by atoms with Gasteiger partial charge in [0.15, 0.2) is 15.5 Å². The van der Waals surface area contributed by atoms with E-state index in [2.05, 4.69) is 15.1 Å². The van der Waals surface area contributed by atoms with Gasteiger partial charge in [-0.05, 0) is 13.0 Å². The highest BCUT2D eigenvalue weighted by Gasteiger charge is 2.14. The fourth-order valence-corrected chi connectivity index (χ4v) is 1.90. The highest BCUT2D eigenvalue weighted by Crippen LogP contribution is 2.10. The molecular weight excluding hydrogens is 272 g/mol. The van der Waals surface area contributed by atoms with E-state index in [-0.39, 0.29) is 16.5 Å². The summed E-state index contributed by atoms with van der Waals surface area (Å²) in [4.78, 5) is 18.7. The second-order valence-corrected chi connectivity index (χ2v) is 5.91. The van der Waals surface area contributed by atoms with Crippen LogP contribution in [-0.2, 0) is 9.84 Å². The number of carboxylic acid groups (broad SMARTS) is 1. The van der Waals surface area contributed by atoms with Gasteiger partial charge in [0.05, 0.1) is 12.4 Å². The molecule has 0 saturated carbocycles. The number of aryl methyl sites for hydroxylation is 1. The summed E-state index contributed by atoms with van der Waals surface area (Å²) in [6, 6.07) is 1.31. The molecule has 0 aliphatic heterocycles. The molecule has 0 saturated heterocycles. The Labute approximate surface area is 108 Å². The van der Waals surface area contributed by atoms with Gasteiger partial charge in [-0.3, -0.25) is 0 Å². The molecule has 1 N–H and O–H groups in total. The molecule has 0 bridgehead atoms. The Hall–Kier alpha value is -2.29. The molecule has 8 nitrogen and oxygen atoms in total. The first-order valence-corrected chi connectivity index (χ1v) is 7.00. The number of aromatic nitrogens is 4. The van der Waals surface area contributed by atoms with Crippen molar-refractivity contribution in [2.24, 2.45) is 0 Å². The Morgan fingerprint density at radius 1 is 1.37 bits per heavy atom. The van der Waals surface area contributed by atoms with E-state index >= 15 is 0 Å². The summed E-state index contributed by atoms with van der Waals surface area (Å²) < 4.78 is 23.8. The van der Waals surface area contributed by atoms with Crippen LogP contribution in [0.2, 0.25) is 0 Å². The first-order valence-electron chi connectivity index (χ1n) is 5.11. The second-order valence-electron chi connectivity index (χ2n) is 3.89. The zero-order chi connectivity index (χ0) is 14.2. The molecule has 0 aliphatic rings. The molecule has 0 amide bonds. The molecule has 2 aromatic heterocycles. The van der Waals surface area contributed by atoms with Crippen molar-refractivity contribution < 1.29 is 18.3 Å². The quantitative estimate of drug-likeness (QED) is 0.847. The average Bonchev–Trinajstić information content (AvgIpc) is 2.76. The molecule has 100 valence electrons. The second kappa shape index (κ2) is 4.43. The molecule has 0 atom stereocenters. The molecule has 0 unspecified atom stereocenters. The van der Waals surface area contributed by atoms with E-state index in [0.717, 1.165) is 17.1 Å². The monoisotopic (exact) mass is 282 g/mol. The lowest BCUT2D eigenvalue weighted by Crippen LogP contribution is -2.09. The Kier molecular flexibility index (Phi) is 3.06. The number of rotatable bonds is 3. The molecule has 0 radical (unpaired) electrons. The molecule has 9 heteroatoms. The predicted molar refractivity (Wildman–Crippen MR) is 64.0 cm³/mol. The largest absolute Gasteiger partial charge is 0.477 e. The minimum atomic E-state index is -3.38. The third-order valence-electron chi connectivity index (χ3n) is 2.25. The zero-order valence-corrected chi connectivity index (χ0v) is 10.9. The van der Waals surface area contributed by atoms with E-state index in [1.54, 1.807) is 6.92 Å². The summed E-state index contributed by atoms with van der Waals surface area (Å²) in [7, 11) is -3.38. The van der Waals surface area contributed by atoms with E-state index < -0.39 is 15.8 Å². The molecule has 0 spiro atoms. The first-order chi connectivity index (χ1) is 8.77. The number of nitrogens with zero attached hydrogens (tertiary/aromatic N) is 4. The van der Waals surface area contributed by atoms with Crippen molar-refractivity contribution in [3.8, 4) is 5.95 Å². The number of carbonyl (C=O) groups is 1. The van der Waals surface area contributed by atoms with Gasteiger partial charge in [0.2, 0.25) is 0 Å². The van der Waals surface area contributed by atoms with E-state index in [9.17, 15) is 13.2 Å². The lowest BCUT2D eigenvalue weighted by Gasteiger charge is -2.02. The summed E-state index contributed by atoms with van der Waals surface area (Å²) >= 11 is 0. The average molecular weight is 282 g/mol. The highest BCUT2D eigenvalue weighted by molar-refractivity contribution is 7.90. The predicted octanol–water partition coefficient (Wildman–Crippen LogP) is 0.0724. The fourth-order valence-electron chi connectivity index (χ4n) is 1.37. The van der Waals surface area contributed by atoms with Crippen LogP contribution in [0.25, 0.3) is 5.95 Å². The SMILES string of the molecule is Cc1cc(C(=O)O)nc(-n2cc(S(C)(=O)=O)cn2)n1. The maximum absolute atomic E-state index is 11.3. The van der Waals surface area contributed by atoms with Crippen LogP contribution in [0, 0.1) is 6.92 Å². The van der Waals surface area contributed by atoms with Gasteiger partial charge < -0.3 is 5.11 Å². The molecule has 19 heavy (non-hydrogen) atoms. The summed E-state index contributed by atoms with van der Waals surface area (Å²) in [5.74, 6) is -1.19. The van der Waals surface area contributed by atoms with Gasteiger partial charge in [0.25, 0.3) is 5.95 Å². The third-order valence-corrected chi connectivity index (χ3v) is 3.32.